The van der Waals surface area contributed by atoms with Crippen LogP contribution in [-0.4, -0.2) is 29.7 Å². The second kappa shape index (κ2) is 6.89. The fourth-order valence-corrected chi connectivity index (χ4v) is 1.32. The Bertz CT molecular complexity index is 334. The van der Waals surface area contributed by atoms with Crippen LogP contribution in [0, 0.1) is 5.92 Å². The molecule has 16 heavy (non-hydrogen) atoms. The predicted molar refractivity (Wildman–Crippen MR) is 66.2 cm³/mol. The summed E-state index contributed by atoms with van der Waals surface area (Å²) in [6.45, 7) is 6.21. The van der Waals surface area contributed by atoms with Crippen molar-refractivity contribution in [2.45, 2.75) is 13.8 Å². The van der Waals surface area contributed by atoms with Gasteiger partial charge in [0.25, 0.3) is 0 Å². The van der Waals surface area contributed by atoms with Crippen LogP contribution in [0.2, 0.25) is 10.3 Å². The van der Waals surface area contributed by atoms with Gasteiger partial charge < -0.3 is 10.1 Å². The predicted octanol–water partition coefficient (Wildman–Crippen LogP) is 2.87. The van der Waals surface area contributed by atoms with Gasteiger partial charge in [0, 0.05) is 13.2 Å². The topological polar surface area (TPSA) is 47.0 Å². The van der Waals surface area contributed by atoms with Crippen LogP contribution in [-0.2, 0) is 4.74 Å². The Morgan fingerprint density at radius 3 is 2.88 bits per heavy atom. The van der Waals surface area contributed by atoms with Crippen LogP contribution in [0.1, 0.15) is 13.8 Å². The van der Waals surface area contributed by atoms with E-state index in [-0.39, 0.29) is 5.28 Å². The maximum absolute atomic E-state index is 5.87. The molecule has 0 spiro atoms. The lowest BCUT2D eigenvalue weighted by Gasteiger charge is -2.09. The highest BCUT2D eigenvalue weighted by molar-refractivity contribution is 6.33. The van der Waals surface area contributed by atoms with Crippen LogP contribution in [0.4, 0.5) is 5.82 Å². The number of hydrogen-bond acceptors (Lipinski definition) is 4. The van der Waals surface area contributed by atoms with Gasteiger partial charge in [-0.3, -0.25) is 0 Å². The van der Waals surface area contributed by atoms with E-state index in [2.05, 4.69) is 29.1 Å². The van der Waals surface area contributed by atoms with Gasteiger partial charge in [0.2, 0.25) is 5.28 Å². The average Bonchev–Trinajstić information content (AvgIpc) is 2.22. The molecule has 0 fully saturated rings. The fourth-order valence-electron chi connectivity index (χ4n) is 1.03. The highest BCUT2D eigenvalue weighted by Gasteiger charge is 2.03. The van der Waals surface area contributed by atoms with E-state index in [1.165, 1.54) is 6.20 Å². The molecule has 1 aromatic rings. The SMILES string of the molecule is CC(C)COCCNc1nc(Cl)ncc1Cl. The summed E-state index contributed by atoms with van der Waals surface area (Å²) < 4.78 is 5.40. The van der Waals surface area contributed by atoms with Gasteiger partial charge in [0.05, 0.1) is 12.8 Å². The first-order valence-electron chi connectivity index (χ1n) is 5.09. The molecule has 0 aliphatic heterocycles. The smallest absolute Gasteiger partial charge is 0.224 e. The van der Waals surface area contributed by atoms with Gasteiger partial charge in [-0.15, -0.1) is 0 Å². The van der Waals surface area contributed by atoms with E-state index >= 15 is 0 Å². The minimum absolute atomic E-state index is 0.176. The van der Waals surface area contributed by atoms with Crippen LogP contribution in [0.25, 0.3) is 0 Å². The van der Waals surface area contributed by atoms with Crippen molar-refractivity contribution in [3.05, 3.63) is 16.5 Å². The maximum atomic E-state index is 5.87. The minimum Gasteiger partial charge on any atom is -0.379 e. The highest BCUT2D eigenvalue weighted by Crippen LogP contribution is 2.18. The van der Waals surface area contributed by atoms with Gasteiger partial charge in [-0.2, -0.15) is 4.98 Å². The van der Waals surface area contributed by atoms with Gasteiger partial charge in [-0.1, -0.05) is 25.4 Å². The molecule has 0 aliphatic rings. The quantitative estimate of drug-likeness (QED) is 0.634. The van der Waals surface area contributed by atoms with Gasteiger partial charge in [-0.05, 0) is 17.5 Å². The molecule has 0 amide bonds. The third kappa shape index (κ3) is 4.96. The molecule has 0 radical (unpaired) electrons. The van der Waals surface area contributed by atoms with E-state index in [9.17, 15) is 0 Å². The van der Waals surface area contributed by atoms with Crippen molar-refractivity contribution in [1.82, 2.24) is 9.97 Å². The van der Waals surface area contributed by atoms with Crippen LogP contribution < -0.4 is 5.32 Å². The van der Waals surface area contributed by atoms with E-state index in [1.54, 1.807) is 0 Å². The first-order valence-corrected chi connectivity index (χ1v) is 5.85. The largest absolute Gasteiger partial charge is 0.379 e. The molecule has 0 atom stereocenters. The van der Waals surface area contributed by atoms with E-state index in [4.69, 9.17) is 27.9 Å². The monoisotopic (exact) mass is 263 g/mol. The summed E-state index contributed by atoms with van der Waals surface area (Å²) in [5, 5.41) is 3.66. The summed E-state index contributed by atoms with van der Waals surface area (Å²) in [6, 6.07) is 0. The molecule has 6 heteroatoms. The number of halogens is 2. The molecule has 0 aromatic carbocycles. The van der Waals surface area contributed by atoms with Crippen molar-refractivity contribution in [1.29, 1.82) is 0 Å². The molecule has 0 unspecified atom stereocenters. The highest BCUT2D eigenvalue weighted by atomic mass is 35.5. The first-order chi connectivity index (χ1) is 7.59. The normalized spacial score (nSPS) is 10.8. The fraction of sp³-hybridized carbons (Fsp3) is 0.600. The molecule has 1 N–H and O–H groups in total. The number of nitrogens with zero attached hydrogens (tertiary/aromatic N) is 2. The number of rotatable bonds is 6. The molecule has 0 saturated carbocycles. The van der Waals surface area contributed by atoms with E-state index in [0.717, 1.165) is 6.61 Å². The molecule has 0 bridgehead atoms. The Balaban J connectivity index is 2.29. The number of anilines is 1. The zero-order valence-electron chi connectivity index (χ0n) is 9.33. The van der Waals surface area contributed by atoms with E-state index in [0.29, 0.717) is 29.9 Å². The summed E-state index contributed by atoms with van der Waals surface area (Å²) in [6.07, 6.45) is 1.47. The molecular weight excluding hydrogens is 249 g/mol. The first kappa shape index (κ1) is 13.5. The second-order valence-corrected chi connectivity index (χ2v) is 4.48. The molecule has 1 aromatic heterocycles. The van der Waals surface area contributed by atoms with Crippen molar-refractivity contribution < 1.29 is 4.74 Å². The maximum Gasteiger partial charge on any atom is 0.224 e. The second-order valence-electron chi connectivity index (χ2n) is 3.73. The molecule has 0 aliphatic carbocycles. The molecule has 4 nitrogen and oxygen atoms in total. The zero-order valence-corrected chi connectivity index (χ0v) is 10.8. The summed E-state index contributed by atoms with van der Waals surface area (Å²) in [4.78, 5) is 7.72. The molecular formula is C10H15Cl2N3O. The van der Waals surface area contributed by atoms with Crippen molar-refractivity contribution in [2.75, 3.05) is 25.1 Å². The number of nitrogens with one attached hydrogen (secondary N) is 1. The minimum atomic E-state index is 0.176. The molecule has 90 valence electrons. The van der Waals surface area contributed by atoms with Crippen molar-refractivity contribution in [3.8, 4) is 0 Å². The van der Waals surface area contributed by atoms with Crippen LogP contribution in [0.15, 0.2) is 6.20 Å². The summed E-state index contributed by atoms with van der Waals surface area (Å²) in [5.74, 6) is 1.08. The molecule has 0 saturated heterocycles. The van der Waals surface area contributed by atoms with Crippen molar-refractivity contribution in [3.63, 3.8) is 0 Å². The van der Waals surface area contributed by atoms with Gasteiger partial charge in [0.15, 0.2) is 0 Å². The Morgan fingerprint density at radius 1 is 1.44 bits per heavy atom. The Morgan fingerprint density at radius 2 is 2.19 bits per heavy atom. The van der Waals surface area contributed by atoms with Crippen molar-refractivity contribution >= 4 is 29.0 Å². The van der Waals surface area contributed by atoms with E-state index < -0.39 is 0 Å². The van der Waals surface area contributed by atoms with Crippen molar-refractivity contribution in [2.24, 2.45) is 5.92 Å². The zero-order chi connectivity index (χ0) is 12.0. The number of aromatic nitrogens is 2. The third-order valence-electron chi connectivity index (χ3n) is 1.70. The summed E-state index contributed by atoms with van der Waals surface area (Å²) in [7, 11) is 0. The third-order valence-corrected chi connectivity index (χ3v) is 2.16. The number of hydrogen-bond donors (Lipinski definition) is 1. The Kier molecular flexibility index (Phi) is 5.80. The van der Waals surface area contributed by atoms with Gasteiger partial charge in [0.1, 0.15) is 10.8 Å². The lowest BCUT2D eigenvalue weighted by molar-refractivity contribution is 0.118. The Hall–Kier alpha value is -0.580. The average molecular weight is 264 g/mol. The standard InChI is InChI=1S/C10H15Cl2N3O/c1-7(2)6-16-4-3-13-9-8(11)5-14-10(12)15-9/h5,7H,3-4,6H2,1-2H3,(H,13,14,15). The van der Waals surface area contributed by atoms with Gasteiger partial charge in [-0.25, -0.2) is 4.98 Å². The summed E-state index contributed by atoms with van der Waals surface area (Å²) >= 11 is 11.5. The van der Waals surface area contributed by atoms with Crippen LogP contribution in [0.5, 0.6) is 0 Å². The lowest BCUT2D eigenvalue weighted by Crippen LogP contribution is -2.13. The molecule has 1 rings (SSSR count). The summed E-state index contributed by atoms with van der Waals surface area (Å²) in [5.41, 5.74) is 0. The van der Waals surface area contributed by atoms with Crippen LogP contribution >= 0.6 is 23.2 Å². The van der Waals surface area contributed by atoms with E-state index in [1.807, 2.05) is 0 Å². The van der Waals surface area contributed by atoms with Gasteiger partial charge >= 0.3 is 0 Å². The van der Waals surface area contributed by atoms with Crippen LogP contribution in [0.3, 0.4) is 0 Å². The Labute approximate surface area is 105 Å². The lowest BCUT2D eigenvalue weighted by atomic mass is 10.2. The number of ether oxygens (including phenoxy) is 1. The molecule has 1 heterocycles.